The van der Waals surface area contributed by atoms with Crippen LogP contribution in [-0.4, -0.2) is 27.4 Å². The number of aromatic hydroxyl groups is 1. The molecule has 4 N–H and O–H groups in total. The third-order valence-electron chi connectivity index (χ3n) is 2.81. The number of hydrogen-bond acceptors (Lipinski definition) is 6. The number of aromatic amines is 1. The van der Waals surface area contributed by atoms with Crippen LogP contribution in [0.3, 0.4) is 0 Å². The van der Waals surface area contributed by atoms with E-state index >= 15 is 0 Å². The van der Waals surface area contributed by atoms with Gasteiger partial charge in [0.05, 0.1) is 12.7 Å². The second-order valence-corrected chi connectivity index (χ2v) is 4.09. The minimum absolute atomic E-state index is 0.101. The number of nitrogens with two attached hydrogens (primary N) is 1. The summed E-state index contributed by atoms with van der Waals surface area (Å²) in [7, 11) is 1.56. The van der Waals surface area contributed by atoms with E-state index in [-0.39, 0.29) is 11.7 Å². The van der Waals surface area contributed by atoms with Gasteiger partial charge in [-0.05, 0) is 30.3 Å². The standard InChI is InChI=1S/C13H12N4O3/c1-19-7-2-3-9(18)8(6-7)10-4-5-11(20-10)12-15-13(14)17-16-12/h2-6,18H,1H3,(H3,14,15,16,17). The molecule has 0 atom stereocenters. The zero-order valence-corrected chi connectivity index (χ0v) is 10.6. The first kappa shape index (κ1) is 12.1. The number of aromatic nitrogens is 3. The van der Waals surface area contributed by atoms with E-state index in [1.165, 1.54) is 0 Å². The van der Waals surface area contributed by atoms with E-state index in [0.29, 0.717) is 28.7 Å². The molecule has 0 saturated carbocycles. The number of nitrogen functional groups attached to an aromatic ring is 1. The van der Waals surface area contributed by atoms with Gasteiger partial charge in [-0.2, -0.15) is 4.98 Å². The summed E-state index contributed by atoms with van der Waals surface area (Å²) in [5.41, 5.74) is 5.97. The molecule has 2 aromatic heterocycles. The molecular formula is C13H12N4O3. The van der Waals surface area contributed by atoms with E-state index in [1.807, 2.05) is 0 Å². The zero-order chi connectivity index (χ0) is 14.1. The number of nitrogens with zero attached hydrogens (tertiary/aromatic N) is 2. The Labute approximate surface area is 114 Å². The van der Waals surface area contributed by atoms with Crippen molar-refractivity contribution in [2.24, 2.45) is 0 Å². The fourth-order valence-electron chi connectivity index (χ4n) is 1.83. The van der Waals surface area contributed by atoms with Crippen LogP contribution < -0.4 is 10.5 Å². The van der Waals surface area contributed by atoms with Crippen LogP contribution in [0.2, 0.25) is 0 Å². The predicted octanol–water partition coefficient (Wildman–Crippen LogP) is 2.03. The number of phenols is 1. The topological polar surface area (TPSA) is 110 Å². The first-order chi connectivity index (χ1) is 9.67. The molecule has 2 heterocycles. The summed E-state index contributed by atoms with van der Waals surface area (Å²) in [6.45, 7) is 0. The lowest BCUT2D eigenvalue weighted by molar-refractivity contribution is 0.412. The number of nitrogens with one attached hydrogen (secondary N) is 1. The van der Waals surface area contributed by atoms with Crippen LogP contribution in [0.1, 0.15) is 0 Å². The summed E-state index contributed by atoms with van der Waals surface area (Å²) >= 11 is 0. The Hall–Kier alpha value is -2.96. The van der Waals surface area contributed by atoms with E-state index < -0.39 is 0 Å². The molecule has 0 aliphatic heterocycles. The molecule has 0 aliphatic rings. The molecule has 1 aromatic carbocycles. The molecule has 0 unspecified atom stereocenters. The number of rotatable bonds is 3. The summed E-state index contributed by atoms with van der Waals surface area (Å²) in [5, 5.41) is 16.3. The highest BCUT2D eigenvalue weighted by molar-refractivity contribution is 5.69. The molecule has 0 amide bonds. The number of phenolic OH excluding ortho intramolecular Hbond substituents is 1. The number of H-pyrrole nitrogens is 1. The van der Waals surface area contributed by atoms with E-state index in [0.717, 1.165) is 0 Å². The maximum Gasteiger partial charge on any atom is 0.239 e. The summed E-state index contributed by atoms with van der Waals surface area (Å²) in [6.07, 6.45) is 0. The Balaban J connectivity index is 2.01. The highest BCUT2D eigenvalue weighted by Crippen LogP contribution is 2.35. The van der Waals surface area contributed by atoms with Crippen LogP contribution in [0.15, 0.2) is 34.7 Å². The third-order valence-corrected chi connectivity index (χ3v) is 2.81. The summed E-state index contributed by atoms with van der Waals surface area (Å²) < 4.78 is 10.8. The molecule has 102 valence electrons. The minimum atomic E-state index is 0.101. The first-order valence-electron chi connectivity index (χ1n) is 5.83. The number of methoxy groups -OCH3 is 1. The fraction of sp³-hybridized carbons (Fsp3) is 0.0769. The van der Waals surface area contributed by atoms with Gasteiger partial charge in [0.2, 0.25) is 5.95 Å². The zero-order valence-electron chi connectivity index (χ0n) is 10.6. The summed E-state index contributed by atoms with van der Waals surface area (Å²) in [5.74, 6) is 2.26. The van der Waals surface area contributed by atoms with Gasteiger partial charge in [0.25, 0.3) is 0 Å². The molecule has 7 heteroatoms. The van der Waals surface area contributed by atoms with Gasteiger partial charge in [-0.15, -0.1) is 5.10 Å². The second kappa shape index (κ2) is 4.61. The van der Waals surface area contributed by atoms with Gasteiger partial charge in [0.1, 0.15) is 17.3 Å². The van der Waals surface area contributed by atoms with E-state index in [2.05, 4.69) is 15.2 Å². The van der Waals surface area contributed by atoms with Crippen molar-refractivity contribution in [3.05, 3.63) is 30.3 Å². The highest BCUT2D eigenvalue weighted by atomic mass is 16.5. The van der Waals surface area contributed by atoms with Crippen molar-refractivity contribution in [1.29, 1.82) is 0 Å². The van der Waals surface area contributed by atoms with Gasteiger partial charge in [-0.1, -0.05) is 0 Å². The van der Waals surface area contributed by atoms with Gasteiger partial charge >= 0.3 is 0 Å². The smallest absolute Gasteiger partial charge is 0.239 e. The van der Waals surface area contributed by atoms with Crippen molar-refractivity contribution in [2.75, 3.05) is 12.8 Å². The third kappa shape index (κ3) is 2.05. The summed E-state index contributed by atoms with van der Waals surface area (Å²) in [4.78, 5) is 3.97. The Morgan fingerprint density at radius 2 is 2.05 bits per heavy atom. The van der Waals surface area contributed by atoms with Crippen molar-refractivity contribution < 1.29 is 14.3 Å². The maximum absolute atomic E-state index is 9.90. The SMILES string of the molecule is COc1ccc(O)c(-c2ccc(-c3nc(N)n[nH]3)o2)c1. The first-order valence-corrected chi connectivity index (χ1v) is 5.83. The average molecular weight is 272 g/mol. The molecule has 7 nitrogen and oxygen atoms in total. The number of furan rings is 1. The van der Waals surface area contributed by atoms with Gasteiger partial charge in [0, 0.05) is 0 Å². The van der Waals surface area contributed by atoms with Crippen molar-refractivity contribution in [2.45, 2.75) is 0 Å². The predicted molar refractivity (Wildman–Crippen MR) is 72.1 cm³/mol. The number of anilines is 1. The second-order valence-electron chi connectivity index (χ2n) is 4.09. The lowest BCUT2D eigenvalue weighted by Gasteiger charge is -2.04. The Kier molecular flexibility index (Phi) is 2.79. The van der Waals surface area contributed by atoms with Crippen LogP contribution in [-0.2, 0) is 0 Å². The molecule has 3 aromatic rings. The van der Waals surface area contributed by atoms with Crippen LogP contribution in [0.25, 0.3) is 22.9 Å². The van der Waals surface area contributed by atoms with Crippen molar-refractivity contribution >= 4 is 5.95 Å². The van der Waals surface area contributed by atoms with Crippen molar-refractivity contribution in [1.82, 2.24) is 15.2 Å². The van der Waals surface area contributed by atoms with Crippen LogP contribution >= 0.6 is 0 Å². The van der Waals surface area contributed by atoms with Crippen LogP contribution in [0.5, 0.6) is 11.5 Å². The van der Waals surface area contributed by atoms with E-state index in [9.17, 15) is 5.11 Å². The maximum atomic E-state index is 9.90. The highest BCUT2D eigenvalue weighted by Gasteiger charge is 2.13. The molecule has 20 heavy (non-hydrogen) atoms. The van der Waals surface area contributed by atoms with Gasteiger partial charge in [-0.25, -0.2) is 0 Å². The van der Waals surface area contributed by atoms with E-state index in [1.54, 1.807) is 37.4 Å². The van der Waals surface area contributed by atoms with Crippen LogP contribution in [0, 0.1) is 0 Å². The minimum Gasteiger partial charge on any atom is -0.507 e. The largest absolute Gasteiger partial charge is 0.507 e. The average Bonchev–Trinajstić information content (AvgIpc) is 3.08. The number of hydrogen-bond donors (Lipinski definition) is 3. The van der Waals surface area contributed by atoms with Crippen molar-refractivity contribution in [3.8, 4) is 34.4 Å². The molecule has 0 fully saturated rings. The molecule has 0 spiro atoms. The van der Waals surface area contributed by atoms with Gasteiger partial charge in [-0.3, -0.25) is 5.10 Å². The van der Waals surface area contributed by atoms with Crippen LogP contribution in [0.4, 0.5) is 5.95 Å². The molecule has 3 rings (SSSR count). The van der Waals surface area contributed by atoms with E-state index in [4.69, 9.17) is 14.9 Å². The Morgan fingerprint density at radius 3 is 2.75 bits per heavy atom. The molecule has 0 aliphatic carbocycles. The molecule has 0 bridgehead atoms. The molecular weight excluding hydrogens is 260 g/mol. The van der Waals surface area contributed by atoms with Gasteiger partial charge < -0.3 is 20.0 Å². The van der Waals surface area contributed by atoms with Gasteiger partial charge in [0.15, 0.2) is 11.6 Å². The van der Waals surface area contributed by atoms with Crippen molar-refractivity contribution in [3.63, 3.8) is 0 Å². The molecule has 0 saturated heterocycles. The normalized spacial score (nSPS) is 10.7. The Bertz CT molecular complexity index is 748. The number of benzene rings is 1. The quantitative estimate of drug-likeness (QED) is 0.672. The monoisotopic (exact) mass is 272 g/mol. The summed E-state index contributed by atoms with van der Waals surface area (Å²) in [6, 6.07) is 8.34. The Morgan fingerprint density at radius 1 is 1.25 bits per heavy atom. The number of ether oxygens (including phenoxy) is 1. The molecule has 0 radical (unpaired) electrons. The lowest BCUT2D eigenvalue weighted by atomic mass is 10.1. The fourth-order valence-corrected chi connectivity index (χ4v) is 1.83. The lowest BCUT2D eigenvalue weighted by Crippen LogP contribution is -1.85.